The summed E-state index contributed by atoms with van der Waals surface area (Å²) in [6, 6.07) is 21.3. The number of hydrogen-bond acceptors (Lipinski definition) is 4. The van der Waals surface area contributed by atoms with E-state index < -0.39 is 0 Å². The monoisotopic (exact) mass is 381 g/mol. The number of morpholine rings is 1. The molecule has 0 N–H and O–H groups in total. The minimum Gasteiger partial charge on any atom is -0.378 e. The van der Waals surface area contributed by atoms with E-state index in [2.05, 4.69) is 71.4 Å². The smallest absolute Gasteiger partial charge is 0.0780 e. The molecule has 2 aromatic heterocycles. The van der Waals surface area contributed by atoms with E-state index in [1.807, 2.05) is 18.5 Å². The van der Waals surface area contributed by atoms with Crippen LogP contribution in [0.4, 0.5) is 5.69 Å². The molecule has 4 heteroatoms. The molecule has 4 nitrogen and oxygen atoms in total. The van der Waals surface area contributed by atoms with E-state index in [1.54, 1.807) is 0 Å². The van der Waals surface area contributed by atoms with E-state index in [0.717, 1.165) is 54.2 Å². The Labute approximate surface area is 170 Å². The Morgan fingerprint density at radius 2 is 1.72 bits per heavy atom. The Bertz CT molecular complexity index is 1170. The quantitative estimate of drug-likeness (QED) is 0.494. The Morgan fingerprint density at radius 1 is 0.828 bits per heavy atom. The van der Waals surface area contributed by atoms with Crippen LogP contribution < -0.4 is 4.90 Å². The summed E-state index contributed by atoms with van der Waals surface area (Å²) in [6.07, 6.45) is 3.76. The highest BCUT2D eigenvalue weighted by Gasteiger charge is 2.16. The normalized spacial score (nSPS) is 14.3. The molecule has 0 saturated carbocycles. The summed E-state index contributed by atoms with van der Waals surface area (Å²) in [4.78, 5) is 11.7. The second kappa shape index (κ2) is 7.64. The first-order valence-electron chi connectivity index (χ1n) is 10.0. The van der Waals surface area contributed by atoms with Crippen molar-refractivity contribution in [3.05, 3.63) is 78.6 Å². The van der Waals surface area contributed by atoms with Gasteiger partial charge in [0.1, 0.15) is 0 Å². The van der Waals surface area contributed by atoms with Crippen molar-refractivity contribution >= 4 is 16.6 Å². The topological polar surface area (TPSA) is 38.2 Å². The van der Waals surface area contributed by atoms with Gasteiger partial charge in [-0.05, 0) is 42.8 Å². The van der Waals surface area contributed by atoms with E-state index in [1.165, 1.54) is 16.6 Å². The lowest BCUT2D eigenvalue weighted by molar-refractivity contribution is 0.123. The van der Waals surface area contributed by atoms with Gasteiger partial charge in [0, 0.05) is 47.7 Å². The lowest BCUT2D eigenvalue weighted by Gasteiger charge is -2.29. The molecule has 144 valence electrons. The summed E-state index contributed by atoms with van der Waals surface area (Å²) >= 11 is 0. The van der Waals surface area contributed by atoms with E-state index in [9.17, 15) is 0 Å². The number of aromatic nitrogens is 2. The van der Waals surface area contributed by atoms with Crippen molar-refractivity contribution in [1.82, 2.24) is 9.97 Å². The van der Waals surface area contributed by atoms with Crippen LogP contribution in [-0.2, 0) is 4.74 Å². The Hall–Kier alpha value is -3.24. The fourth-order valence-corrected chi connectivity index (χ4v) is 4.04. The van der Waals surface area contributed by atoms with E-state index in [0.29, 0.717) is 0 Å². The maximum absolute atomic E-state index is 5.54. The molecule has 0 aliphatic carbocycles. The van der Waals surface area contributed by atoms with Gasteiger partial charge < -0.3 is 9.64 Å². The minimum absolute atomic E-state index is 0.767. The SMILES string of the molecule is Cc1cccc(-c2ncccc2-c2ccc3nccc(N4CCOCC4)c3c2)c1. The van der Waals surface area contributed by atoms with Crippen LogP contribution >= 0.6 is 0 Å². The zero-order valence-electron chi connectivity index (χ0n) is 16.5. The molecular formula is C25H23N3O. The van der Waals surface area contributed by atoms with Crippen molar-refractivity contribution in [2.75, 3.05) is 31.2 Å². The fraction of sp³-hybridized carbons (Fsp3) is 0.200. The largest absolute Gasteiger partial charge is 0.378 e. The van der Waals surface area contributed by atoms with Crippen LogP contribution in [0.3, 0.4) is 0 Å². The van der Waals surface area contributed by atoms with Gasteiger partial charge in [-0.25, -0.2) is 0 Å². The molecule has 2 aromatic carbocycles. The van der Waals surface area contributed by atoms with Gasteiger partial charge in [0.15, 0.2) is 0 Å². The van der Waals surface area contributed by atoms with E-state index >= 15 is 0 Å². The summed E-state index contributed by atoms with van der Waals surface area (Å²) in [6.45, 7) is 5.46. The number of benzene rings is 2. The third-order valence-corrected chi connectivity index (χ3v) is 5.48. The van der Waals surface area contributed by atoms with Crippen LogP contribution in [0.5, 0.6) is 0 Å². The van der Waals surface area contributed by atoms with Gasteiger partial charge in [-0.15, -0.1) is 0 Å². The number of hydrogen-bond donors (Lipinski definition) is 0. The molecule has 0 unspecified atom stereocenters. The molecule has 0 radical (unpaired) electrons. The van der Waals surface area contributed by atoms with Crippen molar-refractivity contribution < 1.29 is 4.74 Å². The number of aryl methyl sites for hydroxylation is 1. The minimum atomic E-state index is 0.767. The average Bonchev–Trinajstić information content (AvgIpc) is 2.79. The van der Waals surface area contributed by atoms with Gasteiger partial charge in [0.2, 0.25) is 0 Å². The maximum Gasteiger partial charge on any atom is 0.0780 e. The molecule has 4 aromatic rings. The molecule has 1 aliphatic heterocycles. The van der Waals surface area contributed by atoms with Crippen LogP contribution in [-0.4, -0.2) is 36.3 Å². The molecule has 0 amide bonds. The number of ether oxygens (including phenoxy) is 1. The van der Waals surface area contributed by atoms with Gasteiger partial charge in [-0.1, -0.05) is 35.9 Å². The molecular weight excluding hydrogens is 358 g/mol. The van der Waals surface area contributed by atoms with Crippen molar-refractivity contribution in [2.45, 2.75) is 6.92 Å². The first kappa shape index (κ1) is 17.8. The third-order valence-electron chi connectivity index (χ3n) is 5.48. The van der Waals surface area contributed by atoms with Crippen LogP contribution in [0.25, 0.3) is 33.3 Å². The molecule has 0 bridgehead atoms. The Kier molecular flexibility index (Phi) is 4.70. The molecule has 3 heterocycles. The zero-order valence-corrected chi connectivity index (χ0v) is 16.5. The number of nitrogens with zero attached hydrogens (tertiary/aromatic N) is 3. The molecule has 1 saturated heterocycles. The molecule has 5 rings (SSSR count). The van der Waals surface area contributed by atoms with E-state index in [4.69, 9.17) is 9.72 Å². The highest BCUT2D eigenvalue weighted by Crippen LogP contribution is 2.34. The number of anilines is 1. The maximum atomic E-state index is 5.54. The van der Waals surface area contributed by atoms with Crippen LogP contribution in [0.2, 0.25) is 0 Å². The Balaban J connectivity index is 1.65. The van der Waals surface area contributed by atoms with Crippen molar-refractivity contribution in [1.29, 1.82) is 0 Å². The second-order valence-corrected chi connectivity index (χ2v) is 7.43. The van der Waals surface area contributed by atoms with Gasteiger partial charge >= 0.3 is 0 Å². The fourth-order valence-electron chi connectivity index (χ4n) is 4.04. The van der Waals surface area contributed by atoms with Crippen LogP contribution in [0.1, 0.15) is 5.56 Å². The summed E-state index contributed by atoms with van der Waals surface area (Å²) < 4.78 is 5.54. The lowest BCUT2D eigenvalue weighted by Crippen LogP contribution is -2.36. The van der Waals surface area contributed by atoms with Crippen LogP contribution in [0, 0.1) is 6.92 Å². The predicted octanol–water partition coefficient (Wildman–Crippen LogP) is 5.11. The van der Waals surface area contributed by atoms with Gasteiger partial charge in [-0.2, -0.15) is 0 Å². The first-order chi connectivity index (χ1) is 14.3. The predicted molar refractivity (Wildman–Crippen MR) is 118 cm³/mol. The van der Waals surface area contributed by atoms with Gasteiger partial charge in [-0.3, -0.25) is 9.97 Å². The number of rotatable bonds is 3. The van der Waals surface area contributed by atoms with Gasteiger partial charge in [0.05, 0.1) is 24.4 Å². The summed E-state index contributed by atoms with van der Waals surface area (Å²) in [5.74, 6) is 0. The highest BCUT2D eigenvalue weighted by atomic mass is 16.5. The molecule has 29 heavy (non-hydrogen) atoms. The van der Waals surface area contributed by atoms with E-state index in [-0.39, 0.29) is 0 Å². The first-order valence-corrected chi connectivity index (χ1v) is 10.0. The van der Waals surface area contributed by atoms with Gasteiger partial charge in [0.25, 0.3) is 0 Å². The zero-order chi connectivity index (χ0) is 19.6. The molecule has 1 aliphatic rings. The molecule has 0 atom stereocenters. The Morgan fingerprint density at radius 3 is 2.59 bits per heavy atom. The molecule has 0 spiro atoms. The standard InChI is InChI=1S/C25H23N3O/c1-18-4-2-5-20(16-18)25-21(6-3-10-27-25)19-7-8-23-22(17-19)24(9-11-26-23)28-12-14-29-15-13-28/h2-11,16-17H,12-15H2,1H3. The molecule has 1 fully saturated rings. The second-order valence-electron chi connectivity index (χ2n) is 7.43. The van der Waals surface area contributed by atoms with Crippen LogP contribution in [0.15, 0.2) is 73.1 Å². The number of pyridine rings is 2. The lowest BCUT2D eigenvalue weighted by atomic mass is 9.97. The summed E-state index contributed by atoms with van der Waals surface area (Å²) in [5.41, 5.74) is 7.91. The van der Waals surface area contributed by atoms with Crippen molar-refractivity contribution in [3.8, 4) is 22.4 Å². The highest BCUT2D eigenvalue weighted by molar-refractivity contribution is 5.96. The summed E-state index contributed by atoms with van der Waals surface area (Å²) in [5, 5.41) is 1.17. The third kappa shape index (κ3) is 3.47. The average molecular weight is 381 g/mol. The number of fused-ring (bicyclic) bond motifs is 1. The van der Waals surface area contributed by atoms with Crippen molar-refractivity contribution in [3.63, 3.8) is 0 Å². The van der Waals surface area contributed by atoms with Crippen molar-refractivity contribution in [2.24, 2.45) is 0 Å². The summed E-state index contributed by atoms with van der Waals surface area (Å²) in [7, 11) is 0.